The molecule has 56 heavy (non-hydrogen) atoms. The summed E-state index contributed by atoms with van der Waals surface area (Å²) in [6.45, 7) is 8.17. The van der Waals surface area contributed by atoms with Crippen molar-refractivity contribution < 1.29 is 24.6 Å². The monoisotopic (exact) mass is 781 g/mol. The molecule has 3 N–H and O–H groups in total. The lowest BCUT2D eigenvalue weighted by Gasteiger charge is -2.32. The predicted octanol–water partition coefficient (Wildman–Crippen LogP) is 5.98. The topological polar surface area (TPSA) is 146 Å². The second-order valence-corrected chi connectivity index (χ2v) is 17.3. The molecular formula is C43H52ClN7O5. The highest BCUT2D eigenvalue weighted by molar-refractivity contribution is 6.34. The fourth-order valence-electron chi connectivity index (χ4n) is 10.1. The van der Waals surface area contributed by atoms with Crippen LogP contribution in [0.3, 0.4) is 0 Å². The highest BCUT2D eigenvalue weighted by Crippen LogP contribution is 2.63. The number of carbonyl (C=O) groups excluding carboxylic acids is 2. The van der Waals surface area contributed by atoms with Crippen molar-refractivity contribution in [1.29, 1.82) is 0 Å². The normalized spacial score (nSPS) is 22.5. The molecule has 2 bridgehead atoms. The minimum Gasteiger partial charge on any atom is -0.481 e. The molecule has 2 aliphatic carbocycles. The van der Waals surface area contributed by atoms with Crippen molar-refractivity contribution in [2.75, 3.05) is 31.5 Å². The number of amides is 1. The molecule has 296 valence electrons. The lowest BCUT2D eigenvalue weighted by Crippen LogP contribution is -2.36. The molecule has 13 heteroatoms. The maximum atomic E-state index is 13.8. The van der Waals surface area contributed by atoms with Gasteiger partial charge in [-0.25, -0.2) is 9.97 Å². The minimum atomic E-state index is -0.620. The molecule has 12 nitrogen and oxygen atoms in total. The number of hydrogen-bond donors (Lipinski definition) is 3. The van der Waals surface area contributed by atoms with E-state index >= 15 is 0 Å². The fourth-order valence-corrected chi connectivity index (χ4v) is 10.4. The number of carboxylic acid groups (broad SMARTS) is 1. The van der Waals surface area contributed by atoms with E-state index in [1.54, 1.807) is 6.92 Å². The zero-order valence-corrected chi connectivity index (χ0v) is 33.6. The van der Waals surface area contributed by atoms with Gasteiger partial charge in [0.15, 0.2) is 11.6 Å². The Morgan fingerprint density at radius 2 is 1.52 bits per heavy atom. The number of aromatic nitrogens is 4. The first-order valence-corrected chi connectivity index (χ1v) is 20.3. The highest BCUT2D eigenvalue weighted by Gasteiger charge is 2.57. The van der Waals surface area contributed by atoms with Gasteiger partial charge in [0.05, 0.1) is 27.9 Å². The van der Waals surface area contributed by atoms with Crippen LogP contribution in [0, 0.1) is 17.8 Å². The third-order valence-corrected chi connectivity index (χ3v) is 13.8. The van der Waals surface area contributed by atoms with E-state index in [2.05, 4.69) is 15.1 Å². The summed E-state index contributed by atoms with van der Waals surface area (Å²) >= 11 is 7.06. The molecule has 1 atom stereocenters. The van der Waals surface area contributed by atoms with Gasteiger partial charge in [-0.05, 0) is 87.1 Å². The van der Waals surface area contributed by atoms with Gasteiger partial charge in [0.25, 0.3) is 5.91 Å². The first-order chi connectivity index (χ1) is 26.8. The number of β-amino-alcohol motifs (C(OH)–C–C–N with tert-alkyl or cyclic N) is 1. The van der Waals surface area contributed by atoms with Crippen LogP contribution in [0.1, 0.15) is 101 Å². The number of nitrogens with one attached hydrogen (secondary N) is 1. The number of carbonyl (C=O) groups is 3. The Labute approximate surface area is 332 Å². The first-order valence-electron chi connectivity index (χ1n) is 19.9. The van der Waals surface area contributed by atoms with Gasteiger partial charge in [-0.15, -0.1) is 0 Å². The van der Waals surface area contributed by atoms with Crippen LogP contribution in [-0.2, 0) is 51.2 Å². The van der Waals surface area contributed by atoms with Crippen LogP contribution in [0.25, 0.3) is 11.1 Å². The number of aliphatic hydroxyl groups is 1. The smallest absolute Gasteiger partial charge is 0.309 e. The van der Waals surface area contributed by atoms with Crippen molar-refractivity contribution in [1.82, 2.24) is 28.9 Å². The second-order valence-electron chi connectivity index (χ2n) is 17.0. The number of aliphatic carboxylic acids is 1. The lowest BCUT2D eigenvalue weighted by molar-refractivity contribution is -0.148. The summed E-state index contributed by atoms with van der Waals surface area (Å²) in [4.78, 5) is 53.6. The Bertz CT molecular complexity index is 2220. The molecule has 2 aromatic carbocycles. The summed E-state index contributed by atoms with van der Waals surface area (Å²) in [5, 5.41) is 23.3. The maximum absolute atomic E-state index is 13.8. The van der Waals surface area contributed by atoms with E-state index in [0.717, 1.165) is 110 Å². The van der Waals surface area contributed by atoms with E-state index < -0.39 is 17.5 Å². The standard InChI is InChI=1S/C43H52ClN7O5/c1-26(52)22-51-19-12-34-33(24-51)45-38(48(34)3)36(53)21-28-7-5-9-30(37(28)44)29-8-6-10-31(27(29)2)47-40(54)39-46-32-23-50(18-11-35(32)49(39)4)20-17-42-13-15-43(25-42,16-14-42)41(55)56/h5-10,26,52H,11-25H2,1-4H3,(H,47,54)(H,55,56)/t26-,42?,43?/m1/s1. The number of aliphatic hydroxyl groups excluding tert-OH is 1. The van der Waals surface area contributed by atoms with Crippen LogP contribution in [0.15, 0.2) is 36.4 Å². The van der Waals surface area contributed by atoms with E-state index in [9.17, 15) is 24.6 Å². The van der Waals surface area contributed by atoms with Gasteiger partial charge in [-0.2, -0.15) is 0 Å². The van der Waals surface area contributed by atoms with Gasteiger partial charge in [0.2, 0.25) is 5.78 Å². The van der Waals surface area contributed by atoms with E-state index in [4.69, 9.17) is 21.6 Å². The zero-order valence-electron chi connectivity index (χ0n) is 32.8. The van der Waals surface area contributed by atoms with Gasteiger partial charge in [-0.1, -0.05) is 41.9 Å². The molecular weight excluding hydrogens is 730 g/mol. The molecule has 2 aromatic heterocycles. The number of nitrogens with zero attached hydrogens (tertiary/aromatic N) is 6. The van der Waals surface area contributed by atoms with Crippen LogP contribution in [0.5, 0.6) is 0 Å². The second kappa shape index (κ2) is 14.9. The van der Waals surface area contributed by atoms with Gasteiger partial charge < -0.3 is 24.7 Å². The summed E-state index contributed by atoms with van der Waals surface area (Å²) < 4.78 is 3.81. The number of fused-ring (bicyclic) bond motifs is 4. The molecule has 0 saturated heterocycles. The quantitative estimate of drug-likeness (QED) is 0.148. The van der Waals surface area contributed by atoms with Crippen molar-refractivity contribution in [2.24, 2.45) is 24.9 Å². The van der Waals surface area contributed by atoms with E-state index in [1.807, 2.05) is 66.6 Å². The van der Waals surface area contributed by atoms with Gasteiger partial charge in [0.1, 0.15) is 0 Å². The van der Waals surface area contributed by atoms with Crippen molar-refractivity contribution in [3.8, 4) is 11.1 Å². The molecule has 2 saturated carbocycles. The first kappa shape index (κ1) is 38.5. The van der Waals surface area contributed by atoms with Crippen LogP contribution in [-0.4, -0.2) is 89.1 Å². The summed E-state index contributed by atoms with van der Waals surface area (Å²) in [6, 6.07) is 11.4. The number of carboxylic acids is 1. The molecule has 4 aliphatic rings. The highest BCUT2D eigenvalue weighted by atomic mass is 35.5. The molecule has 4 aromatic rings. The van der Waals surface area contributed by atoms with Crippen LogP contribution in [0.4, 0.5) is 5.69 Å². The third-order valence-electron chi connectivity index (χ3n) is 13.3. The Hall–Kier alpha value is -4.36. The van der Waals surface area contributed by atoms with Crippen molar-refractivity contribution >= 4 is 34.9 Å². The number of anilines is 1. The molecule has 2 aliphatic heterocycles. The van der Waals surface area contributed by atoms with E-state index in [1.165, 1.54) is 0 Å². The zero-order chi connectivity index (χ0) is 39.5. The number of halogens is 1. The Morgan fingerprint density at radius 3 is 2.20 bits per heavy atom. The molecule has 2 fully saturated rings. The van der Waals surface area contributed by atoms with Crippen LogP contribution < -0.4 is 5.32 Å². The van der Waals surface area contributed by atoms with Gasteiger partial charge in [-0.3, -0.25) is 24.2 Å². The Morgan fingerprint density at radius 1 is 0.893 bits per heavy atom. The average molecular weight is 782 g/mol. The summed E-state index contributed by atoms with van der Waals surface area (Å²) in [5.74, 6) is -0.248. The number of ketones is 1. The Balaban J connectivity index is 0.938. The third kappa shape index (κ3) is 6.99. The van der Waals surface area contributed by atoms with Crippen molar-refractivity contribution in [2.45, 2.75) is 90.8 Å². The summed E-state index contributed by atoms with van der Waals surface area (Å²) in [6.07, 6.45) is 6.65. The number of imidazole rings is 2. The van der Waals surface area contributed by atoms with Crippen LogP contribution >= 0.6 is 11.6 Å². The van der Waals surface area contributed by atoms with Gasteiger partial charge in [0, 0.05) is 88.7 Å². The molecule has 8 rings (SSSR count). The molecule has 4 heterocycles. The average Bonchev–Trinajstić information content (AvgIpc) is 3.92. The minimum absolute atomic E-state index is 0.0941. The van der Waals surface area contributed by atoms with Crippen molar-refractivity contribution in [3.63, 3.8) is 0 Å². The molecule has 0 radical (unpaired) electrons. The number of hydrogen-bond acceptors (Lipinski definition) is 8. The predicted molar refractivity (Wildman–Crippen MR) is 214 cm³/mol. The van der Waals surface area contributed by atoms with Gasteiger partial charge >= 0.3 is 5.97 Å². The van der Waals surface area contributed by atoms with E-state index in [0.29, 0.717) is 47.6 Å². The SMILES string of the molecule is Cc1c(NC(=O)c2nc3c(n2C)CCN(CCC24CCC(C(=O)O)(CC2)C4)C3)cccc1-c1cccc(CC(=O)c2nc3c(n2C)CCN(C[C@@H](C)O)C3)c1Cl. The van der Waals surface area contributed by atoms with Crippen molar-refractivity contribution in [3.05, 3.63) is 87.0 Å². The summed E-state index contributed by atoms with van der Waals surface area (Å²) in [5.41, 5.74) is 7.40. The molecule has 0 unspecified atom stereocenters. The van der Waals surface area contributed by atoms with Crippen LogP contribution in [0.2, 0.25) is 5.02 Å². The molecule has 0 spiro atoms. The number of rotatable bonds is 12. The van der Waals surface area contributed by atoms with E-state index in [-0.39, 0.29) is 23.5 Å². The lowest BCUT2D eigenvalue weighted by atomic mass is 9.80. The number of Topliss-reactive ketones (excluding diaryl/α,β-unsaturated/α-hetero) is 1. The fraction of sp³-hybridized carbons (Fsp3) is 0.512. The maximum Gasteiger partial charge on any atom is 0.309 e. The Kier molecular flexibility index (Phi) is 10.2. The number of benzene rings is 2. The largest absolute Gasteiger partial charge is 0.481 e. The molecule has 1 amide bonds. The summed E-state index contributed by atoms with van der Waals surface area (Å²) in [7, 11) is 3.79.